The number of anilines is 1. The molecule has 0 bridgehead atoms. The van der Waals surface area contributed by atoms with Crippen LogP contribution in [0.2, 0.25) is 0 Å². The van der Waals surface area contributed by atoms with Crippen LogP contribution in [-0.2, 0) is 11.2 Å². The van der Waals surface area contributed by atoms with Crippen LogP contribution in [0.4, 0.5) is 5.69 Å². The molecule has 0 amide bonds. The number of rotatable bonds is 2. The van der Waals surface area contributed by atoms with Crippen LogP contribution in [0.1, 0.15) is 30.0 Å². The van der Waals surface area contributed by atoms with Crippen molar-refractivity contribution in [1.29, 1.82) is 0 Å². The number of hydrogen-bond acceptors (Lipinski definition) is 3. The molecule has 1 aromatic carbocycles. The number of nitrogens with one attached hydrogen (secondary N) is 1. The van der Waals surface area contributed by atoms with Crippen molar-refractivity contribution in [3.05, 3.63) is 29.3 Å². The largest absolute Gasteiger partial charge is 0.378 e. The van der Waals surface area contributed by atoms with E-state index in [9.17, 15) is 0 Å². The predicted octanol–water partition coefficient (Wildman–Crippen LogP) is 2.12. The lowest BCUT2D eigenvalue weighted by molar-refractivity contribution is 0.122. The summed E-state index contributed by atoms with van der Waals surface area (Å²) in [6.07, 6.45) is 3.79. The summed E-state index contributed by atoms with van der Waals surface area (Å²) in [6.45, 7) is 3.74. The summed E-state index contributed by atoms with van der Waals surface area (Å²) in [5.41, 5.74) is 4.39. The third-order valence-electron chi connectivity index (χ3n) is 4.17. The Balaban J connectivity index is 1.88. The van der Waals surface area contributed by atoms with Gasteiger partial charge in [0, 0.05) is 24.8 Å². The van der Waals surface area contributed by atoms with Gasteiger partial charge >= 0.3 is 0 Å². The normalized spacial score (nSPS) is 23.8. The maximum absolute atomic E-state index is 5.42. The van der Waals surface area contributed by atoms with Crippen molar-refractivity contribution in [2.45, 2.75) is 25.3 Å². The Morgan fingerprint density at radius 1 is 1.28 bits per heavy atom. The second-order valence-electron chi connectivity index (χ2n) is 5.22. The minimum absolute atomic E-state index is 0.537. The predicted molar refractivity (Wildman–Crippen MR) is 74.2 cm³/mol. The molecule has 0 spiro atoms. The van der Waals surface area contributed by atoms with Crippen LogP contribution in [0.3, 0.4) is 0 Å². The lowest BCUT2D eigenvalue weighted by atomic mass is 9.87. The van der Waals surface area contributed by atoms with Crippen LogP contribution in [0, 0.1) is 0 Å². The first kappa shape index (κ1) is 12.0. The number of aryl methyl sites for hydroxylation is 1. The lowest BCUT2D eigenvalue weighted by Gasteiger charge is -2.31. The second-order valence-corrected chi connectivity index (χ2v) is 5.22. The van der Waals surface area contributed by atoms with E-state index in [-0.39, 0.29) is 0 Å². The SMILES string of the molecule is CNC1CCCc2ccc(N3CCOCC3)cc21. The fraction of sp³-hybridized carbons (Fsp3) is 0.600. The van der Waals surface area contributed by atoms with Crippen LogP contribution >= 0.6 is 0 Å². The quantitative estimate of drug-likeness (QED) is 0.865. The zero-order valence-electron chi connectivity index (χ0n) is 11.1. The Labute approximate surface area is 109 Å². The molecular formula is C15H22N2O. The smallest absolute Gasteiger partial charge is 0.0642 e. The summed E-state index contributed by atoms with van der Waals surface area (Å²) >= 11 is 0. The Morgan fingerprint density at radius 2 is 2.11 bits per heavy atom. The fourth-order valence-electron chi connectivity index (χ4n) is 3.10. The van der Waals surface area contributed by atoms with E-state index in [4.69, 9.17) is 4.74 Å². The molecular weight excluding hydrogens is 224 g/mol. The van der Waals surface area contributed by atoms with Crippen molar-refractivity contribution < 1.29 is 4.74 Å². The van der Waals surface area contributed by atoms with Crippen LogP contribution in [0.5, 0.6) is 0 Å². The molecule has 18 heavy (non-hydrogen) atoms. The first-order chi connectivity index (χ1) is 8.88. The molecule has 1 aliphatic heterocycles. The molecule has 1 fully saturated rings. The van der Waals surface area contributed by atoms with Gasteiger partial charge in [-0.25, -0.2) is 0 Å². The van der Waals surface area contributed by atoms with Gasteiger partial charge in [-0.3, -0.25) is 0 Å². The first-order valence-electron chi connectivity index (χ1n) is 7.01. The Hall–Kier alpha value is -1.06. The summed E-state index contributed by atoms with van der Waals surface area (Å²) in [5.74, 6) is 0. The molecule has 3 nitrogen and oxygen atoms in total. The van der Waals surface area contributed by atoms with Crippen LogP contribution < -0.4 is 10.2 Å². The summed E-state index contributed by atoms with van der Waals surface area (Å²) < 4.78 is 5.42. The Morgan fingerprint density at radius 3 is 2.89 bits per heavy atom. The van der Waals surface area contributed by atoms with Crippen molar-refractivity contribution in [3.63, 3.8) is 0 Å². The highest BCUT2D eigenvalue weighted by Gasteiger charge is 2.20. The summed E-state index contributed by atoms with van der Waals surface area (Å²) in [5, 5.41) is 3.45. The minimum atomic E-state index is 0.537. The van der Waals surface area contributed by atoms with Crippen molar-refractivity contribution in [2.75, 3.05) is 38.3 Å². The number of fused-ring (bicyclic) bond motifs is 1. The van der Waals surface area contributed by atoms with E-state index in [1.165, 1.54) is 36.1 Å². The van der Waals surface area contributed by atoms with Gasteiger partial charge < -0.3 is 15.0 Å². The Kier molecular flexibility index (Phi) is 3.52. The van der Waals surface area contributed by atoms with Crippen molar-refractivity contribution >= 4 is 5.69 Å². The number of nitrogens with zero attached hydrogens (tertiary/aromatic N) is 1. The van der Waals surface area contributed by atoms with E-state index in [0.717, 1.165) is 26.3 Å². The molecule has 1 aromatic rings. The summed E-state index contributed by atoms with van der Waals surface area (Å²) in [4.78, 5) is 2.44. The van der Waals surface area contributed by atoms with Crippen LogP contribution in [0.15, 0.2) is 18.2 Å². The zero-order chi connectivity index (χ0) is 12.4. The topological polar surface area (TPSA) is 24.5 Å². The second kappa shape index (κ2) is 5.29. The molecule has 0 saturated carbocycles. The molecule has 3 rings (SSSR count). The average molecular weight is 246 g/mol. The average Bonchev–Trinajstić information content (AvgIpc) is 2.47. The molecule has 1 heterocycles. The molecule has 1 N–H and O–H groups in total. The van der Waals surface area contributed by atoms with E-state index in [0.29, 0.717) is 6.04 Å². The van der Waals surface area contributed by atoms with Gasteiger partial charge in [0.05, 0.1) is 13.2 Å². The zero-order valence-corrected chi connectivity index (χ0v) is 11.1. The molecule has 1 atom stereocenters. The molecule has 0 radical (unpaired) electrons. The molecule has 1 unspecified atom stereocenters. The van der Waals surface area contributed by atoms with Crippen molar-refractivity contribution in [1.82, 2.24) is 5.32 Å². The van der Waals surface area contributed by atoms with E-state index in [2.05, 4.69) is 35.5 Å². The minimum Gasteiger partial charge on any atom is -0.378 e. The molecule has 1 aliphatic carbocycles. The van der Waals surface area contributed by atoms with Crippen LogP contribution in [0.25, 0.3) is 0 Å². The highest BCUT2D eigenvalue weighted by Crippen LogP contribution is 2.32. The Bertz CT molecular complexity index is 413. The molecule has 2 aliphatic rings. The van der Waals surface area contributed by atoms with Gasteiger partial charge in [0.1, 0.15) is 0 Å². The third kappa shape index (κ3) is 2.25. The van der Waals surface area contributed by atoms with Crippen molar-refractivity contribution in [2.24, 2.45) is 0 Å². The summed E-state index contributed by atoms with van der Waals surface area (Å²) in [7, 11) is 2.07. The van der Waals surface area contributed by atoms with E-state index < -0.39 is 0 Å². The highest BCUT2D eigenvalue weighted by molar-refractivity contribution is 5.52. The highest BCUT2D eigenvalue weighted by atomic mass is 16.5. The number of ether oxygens (including phenoxy) is 1. The van der Waals surface area contributed by atoms with Gasteiger partial charge in [0.15, 0.2) is 0 Å². The van der Waals surface area contributed by atoms with Crippen molar-refractivity contribution in [3.8, 4) is 0 Å². The number of benzene rings is 1. The number of morpholine rings is 1. The van der Waals surface area contributed by atoms with Gasteiger partial charge in [-0.05, 0) is 49.6 Å². The van der Waals surface area contributed by atoms with Gasteiger partial charge in [0.2, 0.25) is 0 Å². The molecule has 98 valence electrons. The monoisotopic (exact) mass is 246 g/mol. The molecule has 1 saturated heterocycles. The van der Waals surface area contributed by atoms with E-state index >= 15 is 0 Å². The van der Waals surface area contributed by atoms with Gasteiger partial charge in [-0.15, -0.1) is 0 Å². The number of hydrogen-bond donors (Lipinski definition) is 1. The van der Waals surface area contributed by atoms with Crippen LogP contribution in [-0.4, -0.2) is 33.4 Å². The fourth-order valence-corrected chi connectivity index (χ4v) is 3.10. The first-order valence-corrected chi connectivity index (χ1v) is 7.01. The van der Waals surface area contributed by atoms with E-state index in [1.807, 2.05) is 0 Å². The third-order valence-corrected chi connectivity index (χ3v) is 4.17. The maximum atomic E-state index is 5.42. The van der Waals surface area contributed by atoms with Gasteiger partial charge in [-0.2, -0.15) is 0 Å². The van der Waals surface area contributed by atoms with E-state index in [1.54, 1.807) is 0 Å². The summed E-state index contributed by atoms with van der Waals surface area (Å²) in [6, 6.07) is 7.53. The van der Waals surface area contributed by atoms with Gasteiger partial charge in [0.25, 0.3) is 0 Å². The lowest BCUT2D eigenvalue weighted by Crippen LogP contribution is -2.36. The van der Waals surface area contributed by atoms with Gasteiger partial charge in [-0.1, -0.05) is 6.07 Å². The maximum Gasteiger partial charge on any atom is 0.0642 e. The standard InChI is InChI=1S/C15H22N2O/c1-16-15-4-2-3-12-5-6-13(11-14(12)15)17-7-9-18-10-8-17/h5-6,11,15-16H,2-4,7-10H2,1H3. The molecule has 3 heteroatoms. The molecule has 0 aromatic heterocycles.